The molecule has 0 bridgehead atoms. The molecule has 0 aliphatic heterocycles. The van der Waals surface area contributed by atoms with Crippen molar-refractivity contribution in [3.8, 4) is 0 Å². The molecule has 2 nitrogen and oxygen atoms in total. The van der Waals surface area contributed by atoms with Gasteiger partial charge in [-0.05, 0) is 40.7 Å². The molecule has 5 heteroatoms. The highest BCUT2D eigenvalue weighted by molar-refractivity contribution is 9.10. The Labute approximate surface area is 110 Å². The van der Waals surface area contributed by atoms with Gasteiger partial charge in [-0.2, -0.15) is 0 Å². The van der Waals surface area contributed by atoms with Gasteiger partial charge in [0.25, 0.3) is 0 Å². The molecule has 90 valence electrons. The Bertz CT molecular complexity index is 636. The van der Waals surface area contributed by atoms with E-state index in [0.29, 0.717) is 20.7 Å². The van der Waals surface area contributed by atoms with Crippen molar-refractivity contribution >= 4 is 38.7 Å². The number of rotatable bonds is 2. The van der Waals surface area contributed by atoms with Crippen molar-refractivity contribution in [2.24, 2.45) is 0 Å². The SMILES string of the molecule is CCSc1oc2c(Br)cc(F)cc2c(=O)c1C. The van der Waals surface area contributed by atoms with Crippen LogP contribution in [0.3, 0.4) is 0 Å². The summed E-state index contributed by atoms with van der Waals surface area (Å²) in [7, 11) is 0. The zero-order chi connectivity index (χ0) is 12.6. The van der Waals surface area contributed by atoms with Crippen molar-refractivity contribution in [2.45, 2.75) is 18.9 Å². The van der Waals surface area contributed by atoms with Gasteiger partial charge in [0, 0.05) is 5.56 Å². The summed E-state index contributed by atoms with van der Waals surface area (Å²) in [6.07, 6.45) is 0. The van der Waals surface area contributed by atoms with Gasteiger partial charge in [0.05, 0.1) is 9.86 Å². The lowest BCUT2D eigenvalue weighted by Gasteiger charge is -2.06. The summed E-state index contributed by atoms with van der Waals surface area (Å²) in [4.78, 5) is 12.1. The summed E-state index contributed by atoms with van der Waals surface area (Å²) in [6.45, 7) is 3.68. The fraction of sp³-hybridized carbons (Fsp3) is 0.250. The molecule has 0 spiro atoms. The second-order valence-corrected chi connectivity index (χ2v) is 5.63. The molecule has 0 unspecified atom stereocenters. The van der Waals surface area contributed by atoms with Gasteiger partial charge in [0.1, 0.15) is 5.82 Å². The van der Waals surface area contributed by atoms with Gasteiger partial charge in [-0.1, -0.05) is 18.7 Å². The fourth-order valence-corrected chi connectivity index (χ4v) is 2.79. The molecule has 1 heterocycles. The monoisotopic (exact) mass is 316 g/mol. The normalized spacial score (nSPS) is 11.1. The highest BCUT2D eigenvalue weighted by Gasteiger charge is 2.14. The lowest BCUT2D eigenvalue weighted by molar-refractivity contribution is 0.490. The van der Waals surface area contributed by atoms with Crippen LogP contribution in [0, 0.1) is 12.7 Å². The van der Waals surface area contributed by atoms with Gasteiger partial charge in [0.15, 0.2) is 16.1 Å². The minimum absolute atomic E-state index is 0.178. The van der Waals surface area contributed by atoms with Crippen LogP contribution >= 0.6 is 27.7 Å². The standard InChI is InChI=1S/C12H10BrFO2S/c1-3-17-12-6(2)10(15)8-4-7(14)5-9(13)11(8)16-12/h4-5H,3H2,1-2H3. The zero-order valence-corrected chi connectivity index (χ0v) is 11.7. The van der Waals surface area contributed by atoms with E-state index >= 15 is 0 Å². The van der Waals surface area contributed by atoms with E-state index in [2.05, 4.69) is 15.9 Å². The summed E-state index contributed by atoms with van der Waals surface area (Å²) in [5.74, 6) is 0.362. The predicted molar refractivity (Wildman–Crippen MR) is 71.3 cm³/mol. The molecule has 1 aromatic heterocycles. The van der Waals surface area contributed by atoms with E-state index in [4.69, 9.17) is 4.42 Å². The third-order valence-corrected chi connectivity index (χ3v) is 3.90. The molecular weight excluding hydrogens is 307 g/mol. The number of thioether (sulfide) groups is 1. The topological polar surface area (TPSA) is 30.2 Å². The number of benzene rings is 1. The van der Waals surface area contributed by atoms with E-state index in [9.17, 15) is 9.18 Å². The fourth-order valence-electron chi connectivity index (χ4n) is 1.57. The Kier molecular flexibility index (Phi) is 3.58. The summed E-state index contributed by atoms with van der Waals surface area (Å²) in [5.41, 5.74) is 0.752. The Morgan fingerprint density at radius 1 is 1.47 bits per heavy atom. The zero-order valence-electron chi connectivity index (χ0n) is 9.34. The molecule has 0 fully saturated rings. The number of fused-ring (bicyclic) bond motifs is 1. The van der Waals surface area contributed by atoms with E-state index in [1.807, 2.05) is 6.92 Å². The van der Waals surface area contributed by atoms with E-state index in [1.54, 1.807) is 6.92 Å². The first-order valence-corrected chi connectivity index (χ1v) is 6.87. The Morgan fingerprint density at radius 2 is 2.18 bits per heavy atom. The Morgan fingerprint density at radius 3 is 2.82 bits per heavy atom. The van der Waals surface area contributed by atoms with Gasteiger partial charge in [-0.15, -0.1) is 0 Å². The Balaban J connectivity index is 2.86. The predicted octanol–water partition coefficient (Wildman–Crippen LogP) is 4.12. The molecule has 0 N–H and O–H groups in total. The van der Waals surface area contributed by atoms with E-state index in [0.717, 1.165) is 5.75 Å². The Hall–Kier alpha value is -0.810. The van der Waals surface area contributed by atoms with Gasteiger partial charge >= 0.3 is 0 Å². The van der Waals surface area contributed by atoms with Crippen molar-refractivity contribution in [1.29, 1.82) is 0 Å². The lowest BCUT2D eigenvalue weighted by atomic mass is 10.2. The first kappa shape index (κ1) is 12.6. The van der Waals surface area contributed by atoms with E-state index in [-0.39, 0.29) is 10.8 Å². The van der Waals surface area contributed by atoms with Crippen LogP contribution in [0.1, 0.15) is 12.5 Å². The van der Waals surface area contributed by atoms with Crippen LogP contribution in [0.4, 0.5) is 4.39 Å². The third kappa shape index (κ3) is 2.26. The minimum atomic E-state index is -0.452. The first-order chi connectivity index (χ1) is 8.04. The minimum Gasteiger partial charge on any atom is -0.448 e. The number of hydrogen-bond acceptors (Lipinski definition) is 3. The van der Waals surface area contributed by atoms with E-state index < -0.39 is 5.82 Å². The average molecular weight is 317 g/mol. The smallest absolute Gasteiger partial charge is 0.196 e. The van der Waals surface area contributed by atoms with Gasteiger partial charge in [-0.25, -0.2) is 4.39 Å². The van der Waals surface area contributed by atoms with Crippen LogP contribution in [-0.2, 0) is 0 Å². The number of halogens is 2. The first-order valence-electron chi connectivity index (χ1n) is 5.09. The van der Waals surface area contributed by atoms with Crippen LogP contribution in [0.15, 0.2) is 30.9 Å². The van der Waals surface area contributed by atoms with Crippen molar-refractivity contribution in [3.63, 3.8) is 0 Å². The van der Waals surface area contributed by atoms with Crippen LogP contribution in [-0.4, -0.2) is 5.75 Å². The maximum atomic E-state index is 13.2. The summed E-state index contributed by atoms with van der Waals surface area (Å²) >= 11 is 4.67. The summed E-state index contributed by atoms with van der Waals surface area (Å²) < 4.78 is 19.4. The van der Waals surface area contributed by atoms with E-state index in [1.165, 1.54) is 23.9 Å². The van der Waals surface area contributed by atoms with Crippen LogP contribution in [0.25, 0.3) is 11.0 Å². The van der Waals surface area contributed by atoms with Gasteiger partial charge in [0.2, 0.25) is 0 Å². The molecule has 0 aliphatic carbocycles. The van der Waals surface area contributed by atoms with Crippen molar-refractivity contribution in [3.05, 3.63) is 38.2 Å². The third-order valence-electron chi connectivity index (χ3n) is 2.37. The molecule has 0 saturated carbocycles. The van der Waals surface area contributed by atoms with Gasteiger partial charge < -0.3 is 4.42 Å². The number of hydrogen-bond donors (Lipinski definition) is 0. The molecule has 0 atom stereocenters. The molecule has 2 rings (SSSR count). The van der Waals surface area contributed by atoms with Crippen LogP contribution in [0.5, 0.6) is 0 Å². The molecule has 0 amide bonds. The molecule has 0 radical (unpaired) electrons. The van der Waals surface area contributed by atoms with Crippen LogP contribution in [0.2, 0.25) is 0 Å². The quantitative estimate of drug-likeness (QED) is 0.781. The molecule has 0 saturated heterocycles. The van der Waals surface area contributed by atoms with Gasteiger partial charge in [-0.3, -0.25) is 4.79 Å². The highest BCUT2D eigenvalue weighted by Crippen LogP contribution is 2.29. The second kappa shape index (κ2) is 4.82. The lowest BCUT2D eigenvalue weighted by Crippen LogP contribution is -2.07. The largest absolute Gasteiger partial charge is 0.448 e. The van der Waals surface area contributed by atoms with Crippen molar-refractivity contribution in [2.75, 3.05) is 5.75 Å². The average Bonchev–Trinajstić information content (AvgIpc) is 2.27. The molecule has 0 aliphatic rings. The van der Waals surface area contributed by atoms with Crippen molar-refractivity contribution < 1.29 is 8.81 Å². The maximum absolute atomic E-state index is 13.2. The molecule has 1 aromatic carbocycles. The second-order valence-electron chi connectivity index (χ2n) is 3.54. The highest BCUT2D eigenvalue weighted by atomic mass is 79.9. The molecule has 2 aromatic rings. The molecule has 17 heavy (non-hydrogen) atoms. The molecular formula is C12H10BrFO2S. The van der Waals surface area contributed by atoms with Crippen LogP contribution < -0.4 is 5.43 Å². The maximum Gasteiger partial charge on any atom is 0.196 e. The summed E-state index contributed by atoms with van der Waals surface area (Å²) in [5, 5.41) is 0.868. The van der Waals surface area contributed by atoms with Crippen molar-refractivity contribution in [1.82, 2.24) is 0 Å². The summed E-state index contributed by atoms with van der Waals surface area (Å²) in [6, 6.07) is 2.50.